The smallest absolute Gasteiger partial charge is 0.225 e. The molecule has 0 radical (unpaired) electrons. The largest absolute Gasteiger partial charge is 0.356 e. The van der Waals surface area contributed by atoms with Crippen LogP contribution in [0.15, 0.2) is 18.2 Å². The van der Waals surface area contributed by atoms with Gasteiger partial charge < -0.3 is 15.1 Å². The molecule has 2 rings (SSSR count). The molecule has 1 heterocycles. The van der Waals surface area contributed by atoms with Crippen molar-refractivity contribution in [2.75, 3.05) is 40.3 Å². The van der Waals surface area contributed by atoms with Crippen LogP contribution in [-0.2, 0) is 16.0 Å². The number of carbonyl (C=O) groups excluding carboxylic acids is 2. The minimum absolute atomic E-state index is 0.0264. The summed E-state index contributed by atoms with van der Waals surface area (Å²) in [4.78, 5) is 28.2. The topological polar surface area (TPSA) is 52.7 Å². The average Bonchev–Trinajstić information content (AvgIpc) is 2.91. The molecule has 1 aromatic carbocycles. The summed E-state index contributed by atoms with van der Waals surface area (Å²) in [5.74, 6) is -0.259. The van der Waals surface area contributed by atoms with E-state index in [1.165, 1.54) is 0 Å². The van der Waals surface area contributed by atoms with Gasteiger partial charge in [0.25, 0.3) is 0 Å². The number of nitrogens with one attached hydrogen (secondary N) is 1. The van der Waals surface area contributed by atoms with Crippen LogP contribution in [0.3, 0.4) is 0 Å². The first-order valence-electron chi connectivity index (χ1n) is 8.51. The van der Waals surface area contributed by atoms with E-state index >= 15 is 0 Å². The second kappa shape index (κ2) is 9.41. The normalized spacial score (nSPS) is 17.4. The van der Waals surface area contributed by atoms with Crippen LogP contribution in [0.4, 0.5) is 0 Å². The highest BCUT2D eigenvalue weighted by atomic mass is 35.5. The maximum Gasteiger partial charge on any atom is 0.225 e. The van der Waals surface area contributed by atoms with Crippen molar-refractivity contribution >= 4 is 35.0 Å². The van der Waals surface area contributed by atoms with E-state index in [4.69, 9.17) is 23.2 Å². The molecule has 1 atom stereocenters. The molecular formula is C18H25Cl2N3O2. The summed E-state index contributed by atoms with van der Waals surface area (Å²) in [5.41, 5.74) is 0.954. The van der Waals surface area contributed by atoms with Crippen LogP contribution < -0.4 is 5.32 Å². The highest BCUT2D eigenvalue weighted by molar-refractivity contribution is 6.35. The van der Waals surface area contributed by atoms with Crippen LogP contribution >= 0.6 is 23.2 Å². The molecule has 0 aliphatic carbocycles. The Morgan fingerprint density at radius 1 is 1.36 bits per heavy atom. The summed E-state index contributed by atoms with van der Waals surface area (Å²) >= 11 is 12.1. The molecule has 5 nitrogen and oxygen atoms in total. The van der Waals surface area contributed by atoms with E-state index in [-0.39, 0.29) is 24.2 Å². The van der Waals surface area contributed by atoms with Gasteiger partial charge in [-0.05, 0) is 51.2 Å². The number of benzene rings is 1. The molecule has 25 heavy (non-hydrogen) atoms. The molecule has 7 heteroatoms. The lowest BCUT2D eigenvalue weighted by atomic mass is 10.1. The van der Waals surface area contributed by atoms with E-state index in [0.717, 1.165) is 18.5 Å². The molecule has 1 N–H and O–H groups in total. The lowest BCUT2D eigenvalue weighted by Gasteiger charge is -2.17. The number of amides is 2. The molecule has 1 fully saturated rings. The van der Waals surface area contributed by atoms with Crippen molar-refractivity contribution in [3.05, 3.63) is 33.8 Å². The van der Waals surface area contributed by atoms with E-state index < -0.39 is 0 Å². The highest BCUT2D eigenvalue weighted by Crippen LogP contribution is 2.23. The molecule has 2 amide bonds. The Labute approximate surface area is 159 Å². The predicted octanol–water partition coefficient (Wildman–Crippen LogP) is 2.45. The van der Waals surface area contributed by atoms with Gasteiger partial charge in [0.05, 0.1) is 5.92 Å². The number of rotatable bonds is 8. The van der Waals surface area contributed by atoms with Crippen LogP contribution in [0, 0.1) is 5.92 Å². The van der Waals surface area contributed by atoms with Crippen LogP contribution in [-0.4, -0.2) is 61.9 Å². The third-order valence-corrected chi connectivity index (χ3v) is 4.92. The maximum atomic E-state index is 12.2. The minimum Gasteiger partial charge on any atom is -0.356 e. The number of carbonyl (C=O) groups is 2. The first-order chi connectivity index (χ1) is 11.9. The zero-order valence-electron chi connectivity index (χ0n) is 14.7. The molecule has 0 saturated carbocycles. The Bertz CT molecular complexity index is 622. The number of halogens is 2. The van der Waals surface area contributed by atoms with E-state index in [0.29, 0.717) is 36.1 Å². The monoisotopic (exact) mass is 385 g/mol. The summed E-state index contributed by atoms with van der Waals surface area (Å²) in [6.45, 7) is 2.61. The summed E-state index contributed by atoms with van der Waals surface area (Å²) < 4.78 is 0. The number of likely N-dealkylation sites (tertiary alicyclic amines) is 1. The molecule has 1 saturated heterocycles. The van der Waals surface area contributed by atoms with Gasteiger partial charge in [0.2, 0.25) is 11.8 Å². The summed E-state index contributed by atoms with van der Waals surface area (Å²) in [6.07, 6.45) is 1.84. The van der Waals surface area contributed by atoms with Crippen molar-refractivity contribution in [3.63, 3.8) is 0 Å². The zero-order chi connectivity index (χ0) is 18.4. The van der Waals surface area contributed by atoms with E-state index in [2.05, 4.69) is 10.2 Å². The summed E-state index contributed by atoms with van der Waals surface area (Å²) in [5, 5.41) is 4.13. The van der Waals surface area contributed by atoms with Gasteiger partial charge in [-0.2, -0.15) is 0 Å². The van der Waals surface area contributed by atoms with Gasteiger partial charge in [0.15, 0.2) is 0 Å². The molecule has 1 aliphatic rings. The second-order valence-corrected chi connectivity index (χ2v) is 7.52. The quantitative estimate of drug-likeness (QED) is 0.699. The van der Waals surface area contributed by atoms with Crippen molar-refractivity contribution < 1.29 is 9.59 Å². The lowest BCUT2D eigenvalue weighted by Crippen LogP contribution is -2.34. The van der Waals surface area contributed by atoms with Crippen LogP contribution in [0.5, 0.6) is 0 Å². The molecule has 1 unspecified atom stereocenters. The Kier molecular flexibility index (Phi) is 7.54. The van der Waals surface area contributed by atoms with Gasteiger partial charge in [-0.1, -0.05) is 29.3 Å². The van der Waals surface area contributed by atoms with Crippen LogP contribution in [0.1, 0.15) is 18.4 Å². The Hall–Kier alpha value is -1.30. The highest BCUT2D eigenvalue weighted by Gasteiger charge is 2.33. The molecule has 1 aliphatic heterocycles. The van der Waals surface area contributed by atoms with Crippen molar-refractivity contribution in [2.24, 2.45) is 5.92 Å². The number of nitrogens with zero attached hydrogens (tertiary/aromatic N) is 2. The van der Waals surface area contributed by atoms with Gasteiger partial charge in [0, 0.05) is 36.1 Å². The van der Waals surface area contributed by atoms with Crippen LogP contribution in [0.25, 0.3) is 0 Å². The fraction of sp³-hybridized carbons (Fsp3) is 0.556. The van der Waals surface area contributed by atoms with Crippen molar-refractivity contribution in [3.8, 4) is 0 Å². The average molecular weight is 386 g/mol. The molecule has 0 bridgehead atoms. The second-order valence-electron chi connectivity index (χ2n) is 6.67. The van der Waals surface area contributed by atoms with E-state index in [1.54, 1.807) is 17.0 Å². The summed E-state index contributed by atoms with van der Waals surface area (Å²) in [7, 11) is 4.00. The Morgan fingerprint density at radius 3 is 2.80 bits per heavy atom. The van der Waals surface area contributed by atoms with Gasteiger partial charge in [-0.3, -0.25) is 9.59 Å². The van der Waals surface area contributed by atoms with Crippen molar-refractivity contribution in [1.29, 1.82) is 0 Å². The standard InChI is InChI=1S/C18H25Cl2N3O2/c1-22(2)8-3-7-21-18(25)14-10-17(24)23(12-14)9-6-13-4-5-15(19)11-16(13)20/h4-5,11,14H,3,6-10,12H2,1-2H3,(H,21,25). The van der Waals surface area contributed by atoms with Gasteiger partial charge >= 0.3 is 0 Å². The number of hydrogen-bond acceptors (Lipinski definition) is 3. The summed E-state index contributed by atoms with van der Waals surface area (Å²) in [6, 6.07) is 5.37. The molecule has 0 aromatic heterocycles. The van der Waals surface area contributed by atoms with E-state index in [9.17, 15) is 9.59 Å². The SMILES string of the molecule is CN(C)CCCNC(=O)C1CC(=O)N(CCc2ccc(Cl)cc2Cl)C1. The molecule has 1 aromatic rings. The predicted molar refractivity (Wildman–Crippen MR) is 101 cm³/mol. The lowest BCUT2D eigenvalue weighted by molar-refractivity contribution is -0.129. The van der Waals surface area contributed by atoms with Crippen molar-refractivity contribution in [1.82, 2.24) is 15.1 Å². The molecule has 138 valence electrons. The van der Waals surface area contributed by atoms with Crippen LogP contribution in [0.2, 0.25) is 10.0 Å². The van der Waals surface area contributed by atoms with E-state index in [1.807, 2.05) is 20.2 Å². The molecular weight excluding hydrogens is 361 g/mol. The number of hydrogen-bond donors (Lipinski definition) is 1. The minimum atomic E-state index is -0.257. The fourth-order valence-electron chi connectivity index (χ4n) is 2.89. The maximum absolute atomic E-state index is 12.2. The van der Waals surface area contributed by atoms with Gasteiger partial charge in [-0.25, -0.2) is 0 Å². The Balaban J connectivity index is 1.78. The van der Waals surface area contributed by atoms with Crippen molar-refractivity contribution in [2.45, 2.75) is 19.3 Å². The van der Waals surface area contributed by atoms with Gasteiger partial charge in [0.1, 0.15) is 0 Å². The zero-order valence-corrected chi connectivity index (χ0v) is 16.2. The first kappa shape index (κ1) is 20.0. The first-order valence-corrected chi connectivity index (χ1v) is 9.26. The third-order valence-electron chi connectivity index (χ3n) is 4.33. The Morgan fingerprint density at radius 2 is 2.12 bits per heavy atom. The fourth-order valence-corrected chi connectivity index (χ4v) is 3.40. The third kappa shape index (κ3) is 6.17. The van der Waals surface area contributed by atoms with Gasteiger partial charge in [-0.15, -0.1) is 0 Å². The molecule has 0 spiro atoms.